The molecule has 21 heavy (non-hydrogen) atoms. The molecule has 0 bridgehead atoms. The standard InChI is InChI=1S/C16H18ClNO3/c1-16(10-19,18-13-5-3-4-12(17)9-13)11-6-7-14(20)15(8-11)21-2/h3-9,18-20H,10H2,1-2H3. The second kappa shape index (κ2) is 6.24. The molecule has 0 spiro atoms. The van der Waals surface area contributed by atoms with Crippen LogP contribution in [0.15, 0.2) is 42.5 Å². The van der Waals surface area contributed by atoms with Crippen molar-refractivity contribution in [2.75, 3.05) is 19.0 Å². The van der Waals surface area contributed by atoms with Crippen molar-refractivity contribution >= 4 is 17.3 Å². The highest BCUT2D eigenvalue weighted by Crippen LogP contribution is 2.33. The third-order valence-electron chi connectivity index (χ3n) is 3.38. The van der Waals surface area contributed by atoms with Crippen molar-refractivity contribution in [3.8, 4) is 11.5 Å². The van der Waals surface area contributed by atoms with Gasteiger partial charge >= 0.3 is 0 Å². The van der Waals surface area contributed by atoms with Crippen molar-refractivity contribution in [1.82, 2.24) is 0 Å². The van der Waals surface area contributed by atoms with Crippen LogP contribution in [0.5, 0.6) is 11.5 Å². The van der Waals surface area contributed by atoms with E-state index in [9.17, 15) is 10.2 Å². The topological polar surface area (TPSA) is 61.7 Å². The molecule has 2 rings (SSSR count). The predicted octanol–water partition coefficient (Wildman–Crippen LogP) is 3.37. The summed E-state index contributed by atoms with van der Waals surface area (Å²) in [6.45, 7) is 1.73. The number of aliphatic hydroxyl groups excluding tert-OH is 1. The summed E-state index contributed by atoms with van der Waals surface area (Å²) in [6, 6.07) is 12.3. The fourth-order valence-electron chi connectivity index (χ4n) is 2.11. The van der Waals surface area contributed by atoms with Crippen LogP contribution in [-0.4, -0.2) is 23.9 Å². The summed E-state index contributed by atoms with van der Waals surface area (Å²) in [5, 5.41) is 23.4. The van der Waals surface area contributed by atoms with Crippen molar-refractivity contribution < 1.29 is 14.9 Å². The molecule has 4 nitrogen and oxygen atoms in total. The molecule has 0 saturated carbocycles. The van der Waals surface area contributed by atoms with Crippen molar-refractivity contribution in [1.29, 1.82) is 0 Å². The van der Waals surface area contributed by atoms with E-state index in [2.05, 4.69) is 5.32 Å². The molecule has 0 fully saturated rings. The van der Waals surface area contributed by atoms with Gasteiger partial charge in [-0.1, -0.05) is 23.7 Å². The third kappa shape index (κ3) is 3.40. The first kappa shape index (κ1) is 15.5. The fourth-order valence-corrected chi connectivity index (χ4v) is 2.30. The first-order valence-electron chi connectivity index (χ1n) is 6.50. The number of hydrogen-bond acceptors (Lipinski definition) is 4. The van der Waals surface area contributed by atoms with Gasteiger partial charge in [0.25, 0.3) is 0 Å². The van der Waals surface area contributed by atoms with Crippen LogP contribution in [0.4, 0.5) is 5.69 Å². The first-order chi connectivity index (χ1) is 9.98. The third-order valence-corrected chi connectivity index (χ3v) is 3.61. The van der Waals surface area contributed by atoms with Crippen LogP contribution in [-0.2, 0) is 5.54 Å². The van der Waals surface area contributed by atoms with E-state index in [1.54, 1.807) is 30.3 Å². The monoisotopic (exact) mass is 307 g/mol. The molecule has 0 saturated heterocycles. The van der Waals surface area contributed by atoms with E-state index in [-0.39, 0.29) is 12.4 Å². The van der Waals surface area contributed by atoms with Crippen LogP contribution in [0.3, 0.4) is 0 Å². The number of anilines is 1. The number of phenolic OH excluding ortho intramolecular Hbond substituents is 1. The molecule has 0 aliphatic carbocycles. The van der Waals surface area contributed by atoms with Gasteiger partial charge in [0, 0.05) is 10.7 Å². The maximum atomic E-state index is 9.80. The fraction of sp³-hybridized carbons (Fsp3) is 0.250. The van der Waals surface area contributed by atoms with E-state index < -0.39 is 5.54 Å². The summed E-state index contributed by atoms with van der Waals surface area (Å²) < 4.78 is 5.11. The SMILES string of the molecule is COc1cc(C(C)(CO)Nc2cccc(Cl)c2)ccc1O. The Labute approximate surface area is 129 Å². The summed E-state index contributed by atoms with van der Waals surface area (Å²) in [5.74, 6) is 0.421. The van der Waals surface area contributed by atoms with Crippen LogP contribution in [0.2, 0.25) is 5.02 Å². The Bertz CT molecular complexity index is 633. The minimum Gasteiger partial charge on any atom is -0.504 e. The van der Waals surface area contributed by atoms with Gasteiger partial charge in [0.1, 0.15) is 0 Å². The Balaban J connectivity index is 2.36. The molecule has 2 aromatic rings. The van der Waals surface area contributed by atoms with Crippen LogP contribution in [0.1, 0.15) is 12.5 Å². The minimum absolute atomic E-state index is 0.0595. The van der Waals surface area contributed by atoms with Gasteiger partial charge in [0.2, 0.25) is 0 Å². The van der Waals surface area contributed by atoms with Crippen molar-refractivity contribution in [2.45, 2.75) is 12.5 Å². The molecule has 1 atom stereocenters. The lowest BCUT2D eigenvalue weighted by molar-refractivity contribution is 0.223. The average molecular weight is 308 g/mol. The second-order valence-electron chi connectivity index (χ2n) is 5.01. The first-order valence-corrected chi connectivity index (χ1v) is 6.88. The highest BCUT2D eigenvalue weighted by atomic mass is 35.5. The second-order valence-corrected chi connectivity index (χ2v) is 5.45. The zero-order valence-electron chi connectivity index (χ0n) is 11.9. The number of hydrogen-bond donors (Lipinski definition) is 3. The number of phenols is 1. The van der Waals surface area contributed by atoms with Crippen LogP contribution in [0.25, 0.3) is 0 Å². The lowest BCUT2D eigenvalue weighted by atomic mass is 9.92. The molecule has 0 amide bonds. The molecule has 5 heteroatoms. The van der Waals surface area contributed by atoms with Gasteiger partial charge in [-0.15, -0.1) is 0 Å². The maximum absolute atomic E-state index is 9.80. The van der Waals surface area contributed by atoms with Gasteiger partial charge in [-0.2, -0.15) is 0 Å². The van der Waals surface area contributed by atoms with E-state index in [1.807, 2.05) is 19.1 Å². The summed E-state index contributed by atoms with van der Waals surface area (Å²) in [5.41, 5.74) is 0.858. The Kier molecular flexibility index (Phi) is 4.60. The summed E-state index contributed by atoms with van der Waals surface area (Å²) >= 11 is 5.98. The van der Waals surface area contributed by atoms with Gasteiger partial charge in [-0.3, -0.25) is 0 Å². The molecular weight excluding hydrogens is 290 g/mol. The summed E-state index contributed by atoms with van der Waals surface area (Å²) in [7, 11) is 1.49. The van der Waals surface area contributed by atoms with Crippen LogP contribution >= 0.6 is 11.6 Å². The summed E-state index contributed by atoms with van der Waals surface area (Å²) in [4.78, 5) is 0. The van der Waals surface area contributed by atoms with Crippen molar-refractivity contribution in [2.24, 2.45) is 0 Å². The number of rotatable bonds is 5. The quantitative estimate of drug-likeness (QED) is 0.792. The van der Waals surface area contributed by atoms with Gasteiger partial charge in [-0.05, 0) is 42.8 Å². The van der Waals surface area contributed by atoms with E-state index in [0.717, 1.165) is 11.3 Å². The number of methoxy groups -OCH3 is 1. The Morgan fingerprint density at radius 1 is 1.24 bits per heavy atom. The number of aliphatic hydroxyl groups is 1. The van der Waals surface area contributed by atoms with E-state index in [4.69, 9.17) is 16.3 Å². The molecule has 2 aromatic carbocycles. The van der Waals surface area contributed by atoms with Gasteiger partial charge in [-0.25, -0.2) is 0 Å². The normalized spacial score (nSPS) is 13.5. The Morgan fingerprint density at radius 2 is 2.00 bits per heavy atom. The highest BCUT2D eigenvalue weighted by Gasteiger charge is 2.26. The minimum atomic E-state index is -0.730. The Morgan fingerprint density at radius 3 is 2.62 bits per heavy atom. The van der Waals surface area contributed by atoms with Crippen LogP contribution in [0, 0.1) is 0 Å². The van der Waals surface area contributed by atoms with Crippen LogP contribution < -0.4 is 10.1 Å². The highest BCUT2D eigenvalue weighted by molar-refractivity contribution is 6.30. The van der Waals surface area contributed by atoms with Crippen molar-refractivity contribution in [3.63, 3.8) is 0 Å². The largest absolute Gasteiger partial charge is 0.504 e. The van der Waals surface area contributed by atoms with E-state index in [0.29, 0.717) is 10.8 Å². The lowest BCUT2D eigenvalue weighted by Crippen LogP contribution is -2.35. The molecular formula is C16H18ClNO3. The molecule has 0 aromatic heterocycles. The zero-order valence-corrected chi connectivity index (χ0v) is 12.7. The summed E-state index contributed by atoms with van der Waals surface area (Å²) in [6.07, 6.45) is 0. The number of halogens is 1. The average Bonchev–Trinajstić information content (AvgIpc) is 2.47. The molecule has 0 aliphatic rings. The maximum Gasteiger partial charge on any atom is 0.160 e. The number of ether oxygens (including phenoxy) is 1. The number of benzene rings is 2. The smallest absolute Gasteiger partial charge is 0.160 e. The molecule has 112 valence electrons. The van der Waals surface area contributed by atoms with E-state index in [1.165, 1.54) is 7.11 Å². The lowest BCUT2D eigenvalue weighted by Gasteiger charge is -2.31. The van der Waals surface area contributed by atoms with Gasteiger partial charge in [0.15, 0.2) is 11.5 Å². The molecule has 0 heterocycles. The zero-order chi connectivity index (χ0) is 15.5. The number of nitrogens with one attached hydrogen (secondary N) is 1. The predicted molar refractivity (Wildman–Crippen MR) is 84.2 cm³/mol. The Hall–Kier alpha value is -1.91. The van der Waals surface area contributed by atoms with Gasteiger partial charge in [0.05, 0.1) is 19.3 Å². The van der Waals surface area contributed by atoms with E-state index >= 15 is 0 Å². The molecule has 1 unspecified atom stereocenters. The molecule has 0 aliphatic heterocycles. The number of aromatic hydroxyl groups is 1. The van der Waals surface area contributed by atoms with Crippen molar-refractivity contribution in [3.05, 3.63) is 53.1 Å². The molecule has 3 N–H and O–H groups in total. The molecule has 0 radical (unpaired) electrons. The van der Waals surface area contributed by atoms with Gasteiger partial charge < -0.3 is 20.3 Å².